The third kappa shape index (κ3) is 4.95. The van der Waals surface area contributed by atoms with Crippen molar-refractivity contribution in [3.8, 4) is 0 Å². The average Bonchev–Trinajstić information content (AvgIpc) is 3.42. The van der Waals surface area contributed by atoms with Gasteiger partial charge in [0.2, 0.25) is 5.91 Å². The Morgan fingerprint density at radius 3 is 2.38 bits per heavy atom. The zero-order valence-electron chi connectivity index (χ0n) is 14.4. The van der Waals surface area contributed by atoms with E-state index < -0.39 is 0 Å². The number of nitrogens with one attached hydrogen (secondary N) is 1. The van der Waals surface area contributed by atoms with E-state index in [1.165, 1.54) is 31.4 Å². The van der Waals surface area contributed by atoms with Crippen molar-refractivity contribution in [2.45, 2.75) is 44.6 Å². The average molecular weight is 331 g/mol. The van der Waals surface area contributed by atoms with Crippen LogP contribution in [0.25, 0.3) is 0 Å². The molecule has 0 bridgehead atoms. The zero-order valence-corrected chi connectivity index (χ0v) is 14.4. The van der Waals surface area contributed by atoms with E-state index in [9.17, 15) is 4.79 Å². The van der Waals surface area contributed by atoms with E-state index in [0.29, 0.717) is 19.1 Å². The summed E-state index contributed by atoms with van der Waals surface area (Å²) in [6.45, 7) is 3.30. The zero-order chi connectivity index (χ0) is 16.8. The number of amides is 1. The van der Waals surface area contributed by atoms with Gasteiger partial charge in [-0.05, 0) is 49.9 Å². The molecule has 0 unspecified atom stereocenters. The van der Waals surface area contributed by atoms with Crippen LogP contribution >= 0.6 is 0 Å². The lowest BCUT2D eigenvalue weighted by Crippen LogP contribution is -2.36. The lowest BCUT2D eigenvalue weighted by Gasteiger charge is -2.23. The third-order valence-electron chi connectivity index (χ3n) is 4.92. The van der Waals surface area contributed by atoms with Crippen molar-refractivity contribution < 1.29 is 9.90 Å². The van der Waals surface area contributed by atoms with E-state index in [1.807, 2.05) is 12.1 Å². The highest BCUT2D eigenvalue weighted by atomic mass is 16.3. The normalized spacial score (nSPS) is 18.5. The van der Waals surface area contributed by atoms with Crippen LogP contribution < -0.4 is 10.2 Å². The molecule has 0 radical (unpaired) electrons. The second kappa shape index (κ2) is 8.49. The van der Waals surface area contributed by atoms with Gasteiger partial charge in [-0.2, -0.15) is 0 Å². The molecule has 1 aliphatic heterocycles. The first-order valence-electron chi connectivity index (χ1n) is 9.26. The van der Waals surface area contributed by atoms with E-state index >= 15 is 0 Å². The molecule has 1 saturated heterocycles. The number of nitrogens with zero attached hydrogens (tertiary/aromatic N) is 2. The minimum atomic E-state index is -0.00197. The molecule has 0 atom stereocenters. The molecular weight excluding hydrogens is 302 g/mol. The fraction of sp³-hybridized carbons (Fsp3) is 0.632. The standard InChI is InChI=1S/C19H29N3O2/c23-14-13-22(18-9-10-18)15-19(24)20-16-5-7-17(8-6-16)21-11-3-1-2-4-12-21/h5-8,18,23H,1-4,9-15H2,(H,20,24). The topological polar surface area (TPSA) is 55.8 Å². The van der Waals surface area contributed by atoms with Gasteiger partial charge in [-0.3, -0.25) is 9.69 Å². The molecule has 1 saturated carbocycles. The summed E-state index contributed by atoms with van der Waals surface area (Å²) in [6, 6.07) is 8.67. The number of aliphatic hydroxyl groups is 1. The lowest BCUT2D eigenvalue weighted by atomic mass is 10.2. The molecule has 2 fully saturated rings. The number of anilines is 2. The number of benzene rings is 1. The van der Waals surface area contributed by atoms with Crippen LogP contribution in [-0.2, 0) is 4.79 Å². The van der Waals surface area contributed by atoms with Crippen molar-refractivity contribution in [3.63, 3.8) is 0 Å². The molecule has 5 nitrogen and oxygen atoms in total. The Kier molecular flexibility index (Phi) is 6.10. The number of carbonyl (C=O) groups excluding carboxylic acids is 1. The summed E-state index contributed by atoms with van der Waals surface area (Å²) in [5.41, 5.74) is 2.09. The first-order chi connectivity index (χ1) is 11.8. The van der Waals surface area contributed by atoms with Crippen LogP contribution in [0.5, 0.6) is 0 Å². The lowest BCUT2D eigenvalue weighted by molar-refractivity contribution is -0.117. The van der Waals surface area contributed by atoms with Gasteiger partial charge in [0.15, 0.2) is 0 Å². The minimum absolute atomic E-state index is 0.00197. The monoisotopic (exact) mass is 331 g/mol. The Morgan fingerprint density at radius 2 is 1.79 bits per heavy atom. The van der Waals surface area contributed by atoms with Crippen LogP contribution in [0, 0.1) is 0 Å². The van der Waals surface area contributed by atoms with Crippen molar-refractivity contribution in [1.82, 2.24) is 4.90 Å². The minimum Gasteiger partial charge on any atom is -0.395 e. The van der Waals surface area contributed by atoms with E-state index in [-0.39, 0.29) is 12.5 Å². The molecule has 5 heteroatoms. The Bertz CT molecular complexity index is 520. The Hall–Kier alpha value is -1.59. The van der Waals surface area contributed by atoms with Gasteiger partial charge in [-0.25, -0.2) is 0 Å². The molecule has 1 heterocycles. The van der Waals surface area contributed by atoms with Crippen molar-refractivity contribution in [2.24, 2.45) is 0 Å². The highest BCUT2D eigenvalue weighted by Gasteiger charge is 2.29. The summed E-state index contributed by atoms with van der Waals surface area (Å²) in [4.78, 5) is 16.7. The highest BCUT2D eigenvalue weighted by molar-refractivity contribution is 5.92. The molecule has 132 valence electrons. The summed E-state index contributed by atoms with van der Waals surface area (Å²) >= 11 is 0. The second-order valence-electron chi connectivity index (χ2n) is 6.92. The van der Waals surface area contributed by atoms with Gasteiger partial charge in [-0.1, -0.05) is 12.8 Å². The van der Waals surface area contributed by atoms with Crippen molar-refractivity contribution in [3.05, 3.63) is 24.3 Å². The maximum absolute atomic E-state index is 12.2. The Labute approximate surface area is 144 Å². The Morgan fingerprint density at radius 1 is 1.12 bits per heavy atom. The largest absolute Gasteiger partial charge is 0.395 e. The molecule has 3 rings (SSSR count). The summed E-state index contributed by atoms with van der Waals surface area (Å²) < 4.78 is 0. The van der Waals surface area contributed by atoms with Crippen LogP contribution in [0.15, 0.2) is 24.3 Å². The number of aliphatic hydroxyl groups excluding tert-OH is 1. The van der Waals surface area contributed by atoms with Crippen LogP contribution in [-0.4, -0.2) is 54.7 Å². The van der Waals surface area contributed by atoms with Gasteiger partial charge >= 0.3 is 0 Å². The van der Waals surface area contributed by atoms with Crippen LogP contribution in [0.1, 0.15) is 38.5 Å². The quantitative estimate of drug-likeness (QED) is 0.806. The number of carbonyl (C=O) groups is 1. The van der Waals surface area contributed by atoms with Gasteiger partial charge in [-0.15, -0.1) is 0 Å². The van der Waals surface area contributed by atoms with Crippen molar-refractivity contribution in [1.29, 1.82) is 0 Å². The van der Waals surface area contributed by atoms with Crippen molar-refractivity contribution >= 4 is 17.3 Å². The fourth-order valence-corrected chi connectivity index (χ4v) is 3.43. The second-order valence-corrected chi connectivity index (χ2v) is 6.92. The third-order valence-corrected chi connectivity index (χ3v) is 4.92. The van der Waals surface area contributed by atoms with Crippen molar-refractivity contribution in [2.75, 3.05) is 43.0 Å². The van der Waals surface area contributed by atoms with E-state index in [1.54, 1.807) is 0 Å². The molecule has 2 aliphatic rings. The predicted molar refractivity (Wildman–Crippen MR) is 97.4 cm³/mol. The highest BCUT2D eigenvalue weighted by Crippen LogP contribution is 2.26. The summed E-state index contributed by atoms with van der Waals surface area (Å²) in [5, 5.41) is 12.1. The summed E-state index contributed by atoms with van der Waals surface area (Å²) in [7, 11) is 0. The van der Waals surface area contributed by atoms with Crippen LogP contribution in [0.2, 0.25) is 0 Å². The van der Waals surface area contributed by atoms with E-state index in [0.717, 1.165) is 31.6 Å². The molecule has 1 aromatic rings. The van der Waals surface area contributed by atoms with Crippen LogP contribution in [0.4, 0.5) is 11.4 Å². The first kappa shape index (κ1) is 17.2. The molecular formula is C19H29N3O2. The maximum Gasteiger partial charge on any atom is 0.238 e. The number of rotatable bonds is 7. The van der Waals surface area contributed by atoms with Gasteiger partial charge in [0.05, 0.1) is 13.2 Å². The number of hydrogen-bond donors (Lipinski definition) is 2. The molecule has 1 aliphatic carbocycles. The van der Waals surface area contributed by atoms with E-state index in [4.69, 9.17) is 5.11 Å². The molecule has 1 aromatic carbocycles. The van der Waals surface area contributed by atoms with Gasteiger partial charge in [0, 0.05) is 37.1 Å². The van der Waals surface area contributed by atoms with Gasteiger partial charge < -0.3 is 15.3 Å². The number of hydrogen-bond acceptors (Lipinski definition) is 4. The molecule has 1 amide bonds. The first-order valence-corrected chi connectivity index (χ1v) is 9.26. The molecule has 0 spiro atoms. The maximum atomic E-state index is 12.2. The smallest absolute Gasteiger partial charge is 0.238 e. The predicted octanol–water partition coefficient (Wildman–Crippen LogP) is 2.46. The van der Waals surface area contributed by atoms with E-state index in [2.05, 4.69) is 27.2 Å². The SMILES string of the molecule is O=C(CN(CCO)C1CC1)Nc1ccc(N2CCCCCC2)cc1. The fourth-order valence-electron chi connectivity index (χ4n) is 3.43. The Balaban J connectivity index is 1.52. The molecule has 2 N–H and O–H groups in total. The summed E-state index contributed by atoms with van der Waals surface area (Å²) in [6.07, 6.45) is 7.46. The molecule has 24 heavy (non-hydrogen) atoms. The van der Waals surface area contributed by atoms with Gasteiger partial charge in [0.1, 0.15) is 0 Å². The molecule has 0 aromatic heterocycles. The van der Waals surface area contributed by atoms with Crippen LogP contribution in [0.3, 0.4) is 0 Å². The summed E-state index contributed by atoms with van der Waals surface area (Å²) in [5.74, 6) is -0.00197. The van der Waals surface area contributed by atoms with Gasteiger partial charge in [0.25, 0.3) is 0 Å².